The summed E-state index contributed by atoms with van der Waals surface area (Å²) in [6.45, 7) is 9.23. The van der Waals surface area contributed by atoms with Crippen LogP contribution in [0.3, 0.4) is 0 Å². The van der Waals surface area contributed by atoms with E-state index in [0.717, 1.165) is 5.69 Å². The van der Waals surface area contributed by atoms with E-state index in [4.69, 9.17) is 4.74 Å². The minimum Gasteiger partial charge on any atom is -0.380 e. The quantitative estimate of drug-likeness (QED) is 0.720. The van der Waals surface area contributed by atoms with Crippen LogP contribution in [0.4, 0.5) is 0 Å². The Labute approximate surface area is 86.3 Å². The van der Waals surface area contributed by atoms with Crippen LogP contribution in [0.2, 0.25) is 0 Å². The molecule has 0 atom stereocenters. The molecule has 0 saturated heterocycles. The molecule has 1 aromatic rings. The Morgan fingerprint density at radius 2 is 2.00 bits per heavy atom. The lowest BCUT2D eigenvalue weighted by Gasteiger charge is -2.19. The Balaban J connectivity index is 3.06. The van der Waals surface area contributed by atoms with Gasteiger partial charge in [0.1, 0.15) is 0 Å². The molecular formula is C12H19NO. The molecule has 78 valence electrons. The predicted molar refractivity (Wildman–Crippen MR) is 58.4 cm³/mol. The summed E-state index contributed by atoms with van der Waals surface area (Å²) >= 11 is 0. The van der Waals surface area contributed by atoms with Gasteiger partial charge in [-0.3, -0.25) is 4.98 Å². The van der Waals surface area contributed by atoms with Gasteiger partial charge in [-0.05, 0) is 29.5 Å². The average Bonchev–Trinajstić information content (AvgIpc) is 2.07. The zero-order chi connectivity index (χ0) is 10.8. The molecule has 1 heterocycles. The van der Waals surface area contributed by atoms with Crippen molar-refractivity contribution in [3.8, 4) is 0 Å². The van der Waals surface area contributed by atoms with Crippen LogP contribution in [0.15, 0.2) is 12.3 Å². The smallest absolute Gasteiger partial charge is 0.0730 e. The van der Waals surface area contributed by atoms with E-state index in [1.165, 1.54) is 11.1 Å². The van der Waals surface area contributed by atoms with E-state index in [9.17, 15) is 0 Å². The van der Waals surface area contributed by atoms with Gasteiger partial charge >= 0.3 is 0 Å². The van der Waals surface area contributed by atoms with E-state index in [1.54, 1.807) is 7.11 Å². The van der Waals surface area contributed by atoms with Gasteiger partial charge in [0, 0.05) is 19.0 Å². The molecule has 1 aromatic heterocycles. The summed E-state index contributed by atoms with van der Waals surface area (Å²) in [5, 5.41) is 0. The third-order valence-electron chi connectivity index (χ3n) is 2.36. The number of methoxy groups -OCH3 is 1. The van der Waals surface area contributed by atoms with E-state index in [2.05, 4.69) is 31.8 Å². The maximum absolute atomic E-state index is 5.14. The first-order valence-electron chi connectivity index (χ1n) is 4.90. The lowest BCUT2D eigenvalue weighted by atomic mass is 9.87. The van der Waals surface area contributed by atoms with Crippen molar-refractivity contribution in [2.45, 2.75) is 39.7 Å². The summed E-state index contributed by atoms with van der Waals surface area (Å²) in [5.74, 6) is 0. The molecule has 2 nitrogen and oxygen atoms in total. The summed E-state index contributed by atoms with van der Waals surface area (Å²) in [4.78, 5) is 4.38. The normalized spacial score (nSPS) is 11.8. The van der Waals surface area contributed by atoms with Gasteiger partial charge in [-0.2, -0.15) is 0 Å². The fourth-order valence-corrected chi connectivity index (χ4v) is 1.29. The van der Waals surface area contributed by atoms with Gasteiger partial charge in [0.25, 0.3) is 0 Å². The van der Waals surface area contributed by atoms with Gasteiger partial charge in [-0.15, -0.1) is 0 Å². The van der Waals surface area contributed by atoms with Crippen LogP contribution in [0.1, 0.15) is 37.6 Å². The third-order valence-corrected chi connectivity index (χ3v) is 2.36. The van der Waals surface area contributed by atoms with E-state index < -0.39 is 0 Å². The van der Waals surface area contributed by atoms with Crippen molar-refractivity contribution in [3.63, 3.8) is 0 Å². The van der Waals surface area contributed by atoms with Crippen molar-refractivity contribution < 1.29 is 4.74 Å². The van der Waals surface area contributed by atoms with Crippen LogP contribution in [0.5, 0.6) is 0 Å². The van der Waals surface area contributed by atoms with Gasteiger partial charge in [-0.1, -0.05) is 20.8 Å². The van der Waals surface area contributed by atoms with Crippen LogP contribution in [0, 0.1) is 6.92 Å². The maximum Gasteiger partial charge on any atom is 0.0730 e. The van der Waals surface area contributed by atoms with Crippen molar-refractivity contribution in [1.29, 1.82) is 0 Å². The fraction of sp³-hybridized carbons (Fsp3) is 0.583. The van der Waals surface area contributed by atoms with Crippen molar-refractivity contribution >= 4 is 0 Å². The lowest BCUT2D eigenvalue weighted by molar-refractivity contribution is 0.184. The largest absolute Gasteiger partial charge is 0.380 e. The molecule has 0 aromatic carbocycles. The molecular weight excluding hydrogens is 174 g/mol. The lowest BCUT2D eigenvalue weighted by Crippen LogP contribution is -2.12. The van der Waals surface area contributed by atoms with Crippen LogP contribution < -0.4 is 0 Å². The zero-order valence-corrected chi connectivity index (χ0v) is 9.72. The van der Waals surface area contributed by atoms with Crippen LogP contribution >= 0.6 is 0 Å². The molecule has 0 aliphatic heterocycles. The highest BCUT2D eigenvalue weighted by molar-refractivity contribution is 5.28. The highest BCUT2D eigenvalue weighted by atomic mass is 16.5. The Morgan fingerprint density at radius 1 is 1.36 bits per heavy atom. The number of rotatable bonds is 2. The van der Waals surface area contributed by atoms with E-state index >= 15 is 0 Å². The molecule has 0 radical (unpaired) electrons. The van der Waals surface area contributed by atoms with Crippen LogP contribution in [-0.4, -0.2) is 12.1 Å². The first-order chi connectivity index (χ1) is 6.45. The zero-order valence-electron chi connectivity index (χ0n) is 9.72. The first kappa shape index (κ1) is 11.2. The van der Waals surface area contributed by atoms with Crippen LogP contribution in [0.25, 0.3) is 0 Å². The monoisotopic (exact) mass is 193 g/mol. The molecule has 0 bridgehead atoms. The van der Waals surface area contributed by atoms with E-state index in [1.807, 2.05) is 13.1 Å². The molecule has 0 N–H and O–H groups in total. The number of hydrogen-bond acceptors (Lipinski definition) is 2. The molecule has 0 amide bonds. The standard InChI is InChI=1S/C12H19NO/c1-9-10(8-14-5)6-11(7-13-9)12(2,3)4/h6-7H,8H2,1-5H3. The Hall–Kier alpha value is -0.890. The Morgan fingerprint density at radius 3 is 2.50 bits per heavy atom. The second-order valence-electron chi connectivity index (χ2n) is 4.65. The summed E-state index contributed by atoms with van der Waals surface area (Å²) in [6, 6.07) is 2.19. The number of aromatic nitrogens is 1. The second kappa shape index (κ2) is 4.09. The number of aryl methyl sites for hydroxylation is 1. The SMILES string of the molecule is COCc1cc(C(C)(C)C)cnc1C. The van der Waals surface area contributed by atoms with Gasteiger partial charge < -0.3 is 4.74 Å². The Bertz CT molecular complexity index is 313. The molecule has 0 aliphatic carbocycles. The molecule has 0 unspecified atom stereocenters. The molecule has 0 aliphatic rings. The first-order valence-corrected chi connectivity index (χ1v) is 4.90. The summed E-state index contributed by atoms with van der Waals surface area (Å²) in [7, 11) is 1.71. The van der Waals surface area contributed by atoms with Crippen molar-refractivity contribution in [1.82, 2.24) is 4.98 Å². The molecule has 2 heteroatoms. The number of nitrogens with zero attached hydrogens (tertiary/aromatic N) is 1. The highest BCUT2D eigenvalue weighted by Crippen LogP contribution is 2.23. The second-order valence-corrected chi connectivity index (χ2v) is 4.65. The van der Waals surface area contributed by atoms with Gasteiger partial charge in [0.2, 0.25) is 0 Å². The molecule has 0 saturated carbocycles. The minimum atomic E-state index is 0.156. The maximum atomic E-state index is 5.14. The Kier molecular flexibility index (Phi) is 3.27. The molecule has 1 rings (SSSR count). The number of ether oxygens (including phenoxy) is 1. The highest BCUT2D eigenvalue weighted by Gasteiger charge is 2.15. The van der Waals surface area contributed by atoms with E-state index in [-0.39, 0.29) is 5.41 Å². The van der Waals surface area contributed by atoms with E-state index in [0.29, 0.717) is 6.61 Å². The minimum absolute atomic E-state index is 0.156. The van der Waals surface area contributed by atoms with Gasteiger partial charge in [-0.25, -0.2) is 0 Å². The van der Waals surface area contributed by atoms with Crippen molar-refractivity contribution in [3.05, 3.63) is 29.1 Å². The molecule has 0 fully saturated rings. The summed E-state index contributed by atoms with van der Waals surface area (Å²) in [6.07, 6.45) is 1.95. The van der Waals surface area contributed by atoms with Gasteiger partial charge in [0.05, 0.1) is 6.61 Å². The third kappa shape index (κ3) is 2.55. The summed E-state index contributed by atoms with van der Waals surface area (Å²) < 4.78 is 5.14. The van der Waals surface area contributed by atoms with Gasteiger partial charge in [0.15, 0.2) is 0 Å². The average molecular weight is 193 g/mol. The molecule has 0 spiro atoms. The van der Waals surface area contributed by atoms with Crippen molar-refractivity contribution in [2.75, 3.05) is 7.11 Å². The number of pyridine rings is 1. The summed E-state index contributed by atoms with van der Waals surface area (Å²) in [5.41, 5.74) is 3.65. The van der Waals surface area contributed by atoms with Crippen LogP contribution in [-0.2, 0) is 16.8 Å². The fourth-order valence-electron chi connectivity index (χ4n) is 1.29. The predicted octanol–water partition coefficient (Wildman–Crippen LogP) is 2.83. The molecule has 14 heavy (non-hydrogen) atoms. The van der Waals surface area contributed by atoms with Crippen molar-refractivity contribution in [2.24, 2.45) is 0 Å². The number of hydrogen-bond donors (Lipinski definition) is 0. The topological polar surface area (TPSA) is 22.1 Å².